The highest BCUT2D eigenvalue weighted by atomic mass is 16.5. The van der Waals surface area contributed by atoms with Crippen molar-refractivity contribution in [3.05, 3.63) is 35.4 Å². The molecule has 2 heterocycles. The molecule has 1 aromatic carbocycles. The number of nitrogens with zero attached hydrogens (tertiary/aromatic N) is 3. The van der Waals surface area contributed by atoms with Crippen LogP contribution in [0.1, 0.15) is 53.3 Å². The molecule has 0 radical (unpaired) electrons. The molecule has 0 saturated carbocycles. The second-order valence-corrected chi connectivity index (χ2v) is 7.65. The fraction of sp³-hybridized carbons (Fsp3) is 0.545. The van der Waals surface area contributed by atoms with Gasteiger partial charge in [-0.2, -0.15) is 0 Å². The van der Waals surface area contributed by atoms with Crippen LogP contribution in [0.2, 0.25) is 0 Å². The third-order valence-electron chi connectivity index (χ3n) is 5.55. The van der Waals surface area contributed by atoms with E-state index in [4.69, 9.17) is 4.74 Å². The van der Waals surface area contributed by atoms with E-state index in [1.807, 2.05) is 6.92 Å². The van der Waals surface area contributed by atoms with Crippen LogP contribution in [0.4, 0.5) is 4.79 Å². The fourth-order valence-electron chi connectivity index (χ4n) is 3.86. The average molecular weight is 430 g/mol. The van der Waals surface area contributed by atoms with E-state index in [1.54, 1.807) is 29.2 Å². The van der Waals surface area contributed by atoms with Crippen LogP contribution < -0.4 is 10.6 Å². The summed E-state index contributed by atoms with van der Waals surface area (Å²) in [6, 6.07) is 7.19. The summed E-state index contributed by atoms with van der Waals surface area (Å²) in [6.45, 7) is 5.08. The zero-order chi connectivity index (χ0) is 22.2. The molecule has 2 N–H and O–H groups in total. The van der Waals surface area contributed by atoms with Gasteiger partial charge in [0.05, 0.1) is 18.2 Å². The van der Waals surface area contributed by atoms with Gasteiger partial charge in [0.15, 0.2) is 5.96 Å². The highest BCUT2D eigenvalue weighted by Gasteiger charge is 2.34. The first kappa shape index (κ1) is 22.6. The maximum absolute atomic E-state index is 12.4. The highest BCUT2D eigenvalue weighted by molar-refractivity contribution is 6.21. The van der Waals surface area contributed by atoms with Crippen molar-refractivity contribution in [2.24, 2.45) is 4.99 Å². The molecule has 3 amide bonds. The number of imide groups is 1. The predicted molar refractivity (Wildman–Crippen MR) is 117 cm³/mol. The third kappa shape index (κ3) is 5.53. The highest BCUT2D eigenvalue weighted by Crippen LogP contribution is 2.22. The molecule has 2 aliphatic heterocycles. The maximum Gasteiger partial charge on any atom is 0.409 e. The topological polar surface area (TPSA) is 103 Å². The summed E-state index contributed by atoms with van der Waals surface area (Å²) in [6.07, 6.45) is 2.85. The summed E-state index contributed by atoms with van der Waals surface area (Å²) in [7, 11) is 1.40. The van der Waals surface area contributed by atoms with Crippen LogP contribution >= 0.6 is 0 Å². The van der Waals surface area contributed by atoms with Crippen LogP contribution in [0.15, 0.2) is 29.3 Å². The Bertz CT molecular complexity index is 798. The molecule has 31 heavy (non-hydrogen) atoms. The van der Waals surface area contributed by atoms with Gasteiger partial charge in [0, 0.05) is 38.8 Å². The number of hydrogen-bond donors (Lipinski definition) is 2. The number of piperidine rings is 1. The maximum atomic E-state index is 12.4. The van der Waals surface area contributed by atoms with Gasteiger partial charge in [-0.3, -0.25) is 19.5 Å². The van der Waals surface area contributed by atoms with E-state index in [0.717, 1.165) is 31.8 Å². The van der Waals surface area contributed by atoms with E-state index in [2.05, 4.69) is 15.6 Å². The Hall–Kier alpha value is -3.10. The summed E-state index contributed by atoms with van der Waals surface area (Å²) >= 11 is 0. The van der Waals surface area contributed by atoms with Crippen molar-refractivity contribution in [3.8, 4) is 0 Å². The normalized spacial score (nSPS) is 17.0. The Kier molecular flexibility index (Phi) is 7.86. The number of likely N-dealkylation sites (tertiary alicyclic amines) is 1. The van der Waals surface area contributed by atoms with E-state index in [9.17, 15) is 14.4 Å². The van der Waals surface area contributed by atoms with Gasteiger partial charge in [-0.25, -0.2) is 4.79 Å². The first-order valence-corrected chi connectivity index (χ1v) is 10.9. The van der Waals surface area contributed by atoms with E-state index in [0.29, 0.717) is 43.7 Å². The molecule has 1 aromatic rings. The van der Waals surface area contributed by atoms with Crippen molar-refractivity contribution in [1.29, 1.82) is 0 Å². The summed E-state index contributed by atoms with van der Waals surface area (Å²) in [4.78, 5) is 44.0. The first-order valence-electron chi connectivity index (χ1n) is 10.9. The van der Waals surface area contributed by atoms with Crippen LogP contribution in [0.5, 0.6) is 0 Å². The number of benzene rings is 1. The predicted octanol–water partition coefficient (Wildman–Crippen LogP) is 1.85. The van der Waals surface area contributed by atoms with E-state index >= 15 is 0 Å². The molecule has 1 fully saturated rings. The first-order chi connectivity index (χ1) is 15.0. The standard InChI is InChI=1S/C22H31N5O4/c1-3-23-21(25-16-10-14-26(15-11-16)22(30)31-2)24-12-6-7-13-27-19(28)17-8-4-5-9-18(17)20(27)29/h4-5,8-9,16H,3,6-7,10-15H2,1-2H3,(H2,23,24,25). The molecule has 2 aliphatic rings. The lowest BCUT2D eigenvalue weighted by Crippen LogP contribution is -2.49. The Morgan fingerprint density at radius 1 is 1.13 bits per heavy atom. The lowest BCUT2D eigenvalue weighted by molar-refractivity contribution is 0.0651. The Balaban J connectivity index is 1.42. The van der Waals surface area contributed by atoms with Crippen molar-refractivity contribution >= 4 is 23.9 Å². The zero-order valence-corrected chi connectivity index (χ0v) is 18.2. The number of fused-ring (bicyclic) bond motifs is 1. The molecule has 0 unspecified atom stereocenters. The van der Waals surface area contributed by atoms with E-state index < -0.39 is 0 Å². The second kappa shape index (κ2) is 10.8. The van der Waals surface area contributed by atoms with Gasteiger partial charge < -0.3 is 20.3 Å². The van der Waals surface area contributed by atoms with Crippen molar-refractivity contribution in [2.75, 3.05) is 39.8 Å². The number of hydrogen-bond acceptors (Lipinski definition) is 5. The zero-order valence-electron chi connectivity index (χ0n) is 18.2. The number of unbranched alkanes of at least 4 members (excludes halogenated alkanes) is 1. The molecule has 1 saturated heterocycles. The molecular weight excluding hydrogens is 398 g/mol. The minimum atomic E-state index is -0.280. The number of nitrogens with one attached hydrogen (secondary N) is 2. The summed E-state index contributed by atoms with van der Waals surface area (Å²) in [5, 5.41) is 6.68. The Morgan fingerprint density at radius 3 is 2.35 bits per heavy atom. The van der Waals surface area contributed by atoms with Gasteiger partial charge in [0.25, 0.3) is 11.8 Å². The number of methoxy groups -OCH3 is 1. The minimum Gasteiger partial charge on any atom is -0.453 e. The van der Waals surface area contributed by atoms with Gasteiger partial charge >= 0.3 is 6.09 Å². The van der Waals surface area contributed by atoms with Gasteiger partial charge in [0.1, 0.15) is 0 Å². The smallest absolute Gasteiger partial charge is 0.409 e. The monoisotopic (exact) mass is 429 g/mol. The number of carbonyl (C=O) groups is 3. The molecule has 0 spiro atoms. The SMILES string of the molecule is CCNC(=NCCCCN1C(=O)c2ccccc2C1=O)NC1CCN(C(=O)OC)CC1. The number of guanidine groups is 1. The van der Waals surface area contributed by atoms with Crippen LogP contribution in [0.25, 0.3) is 0 Å². The number of carbonyl (C=O) groups excluding carboxylic acids is 3. The molecule has 0 bridgehead atoms. The van der Waals surface area contributed by atoms with Crippen LogP contribution in [-0.4, -0.2) is 79.5 Å². The third-order valence-corrected chi connectivity index (χ3v) is 5.55. The average Bonchev–Trinajstić information content (AvgIpc) is 3.04. The van der Waals surface area contributed by atoms with Crippen molar-refractivity contribution < 1.29 is 19.1 Å². The second-order valence-electron chi connectivity index (χ2n) is 7.65. The van der Waals surface area contributed by atoms with Gasteiger partial charge in [0.2, 0.25) is 0 Å². The molecule has 0 atom stereocenters. The van der Waals surface area contributed by atoms with E-state index in [-0.39, 0.29) is 23.9 Å². The molecule has 9 heteroatoms. The minimum absolute atomic E-state index is 0.211. The molecule has 3 rings (SSSR count). The fourth-order valence-corrected chi connectivity index (χ4v) is 3.86. The Morgan fingerprint density at radius 2 is 1.77 bits per heavy atom. The number of aliphatic imine (C=N–C) groups is 1. The summed E-state index contributed by atoms with van der Waals surface area (Å²) < 4.78 is 4.77. The van der Waals surface area contributed by atoms with Crippen molar-refractivity contribution in [2.45, 2.75) is 38.6 Å². The molecule has 168 valence electrons. The van der Waals surface area contributed by atoms with Gasteiger partial charge in [-0.1, -0.05) is 12.1 Å². The van der Waals surface area contributed by atoms with Crippen LogP contribution in [0, 0.1) is 0 Å². The lowest BCUT2D eigenvalue weighted by atomic mass is 10.1. The molecular formula is C22H31N5O4. The van der Waals surface area contributed by atoms with Crippen molar-refractivity contribution in [1.82, 2.24) is 20.4 Å². The number of amides is 3. The van der Waals surface area contributed by atoms with Crippen LogP contribution in [-0.2, 0) is 4.74 Å². The summed E-state index contributed by atoms with van der Waals surface area (Å²) in [5.41, 5.74) is 0.977. The Labute approximate surface area is 182 Å². The lowest BCUT2D eigenvalue weighted by Gasteiger charge is -2.32. The largest absolute Gasteiger partial charge is 0.453 e. The number of rotatable bonds is 7. The van der Waals surface area contributed by atoms with Crippen LogP contribution in [0.3, 0.4) is 0 Å². The quantitative estimate of drug-likeness (QED) is 0.297. The van der Waals surface area contributed by atoms with Gasteiger partial charge in [-0.05, 0) is 44.7 Å². The molecule has 9 nitrogen and oxygen atoms in total. The van der Waals surface area contributed by atoms with E-state index in [1.165, 1.54) is 12.0 Å². The molecule has 0 aliphatic carbocycles. The van der Waals surface area contributed by atoms with Crippen molar-refractivity contribution in [3.63, 3.8) is 0 Å². The number of ether oxygens (including phenoxy) is 1. The summed E-state index contributed by atoms with van der Waals surface area (Å²) in [5.74, 6) is 0.328. The molecule has 0 aromatic heterocycles. The van der Waals surface area contributed by atoms with Gasteiger partial charge in [-0.15, -0.1) is 0 Å².